The molecule has 0 saturated carbocycles. The van der Waals surface area contributed by atoms with Gasteiger partial charge < -0.3 is 11.1 Å². The second kappa shape index (κ2) is 7.67. The van der Waals surface area contributed by atoms with Crippen molar-refractivity contribution in [3.63, 3.8) is 0 Å². The van der Waals surface area contributed by atoms with Crippen LogP contribution in [-0.4, -0.2) is 20.9 Å². The van der Waals surface area contributed by atoms with E-state index in [1.54, 1.807) is 12.1 Å². The van der Waals surface area contributed by atoms with E-state index < -0.39 is 10.0 Å². The van der Waals surface area contributed by atoms with E-state index in [2.05, 4.69) is 10.0 Å². The Balaban J connectivity index is 2.14. The molecule has 4 N–H and O–H groups in total. The minimum atomic E-state index is -3.57. The third kappa shape index (κ3) is 5.04. The number of benzene rings is 2. The van der Waals surface area contributed by atoms with Crippen molar-refractivity contribution in [2.24, 2.45) is 5.92 Å². The number of rotatable bonds is 6. The number of anilines is 2. The molecule has 7 heteroatoms. The van der Waals surface area contributed by atoms with Crippen molar-refractivity contribution in [3.05, 3.63) is 53.6 Å². The zero-order valence-corrected chi connectivity index (χ0v) is 15.4. The highest BCUT2D eigenvalue weighted by Gasteiger charge is 2.15. The summed E-state index contributed by atoms with van der Waals surface area (Å²) in [6.45, 7) is 6.08. The van der Waals surface area contributed by atoms with E-state index in [-0.39, 0.29) is 16.7 Å². The normalized spacial score (nSPS) is 11.5. The summed E-state index contributed by atoms with van der Waals surface area (Å²) >= 11 is 0. The molecule has 0 bridgehead atoms. The zero-order valence-electron chi connectivity index (χ0n) is 14.5. The van der Waals surface area contributed by atoms with Crippen molar-refractivity contribution in [3.8, 4) is 0 Å². The Morgan fingerprint density at radius 3 is 2.36 bits per heavy atom. The molecule has 0 saturated heterocycles. The van der Waals surface area contributed by atoms with Crippen LogP contribution in [0.3, 0.4) is 0 Å². The van der Waals surface area contributed by atoms with E-state index in [9.17, 15) is 13.2 Å². The maximum atomic E-state index is 12.3. The Morgan fingerprint density at radius 1 is 1.12 bits per heavy atom. The lowest BCUT2D eigenvalue weighted by atomic mass is 10.1. The molecule has 0 radical (unpaired) electrons. The van der Waals surface area contributed by atoms with Gasteiger partial charge in [-0.05, 0) is 54.8 Å². The first-order valence-electron chi connectivity index (χ1n) is 7.96. The van der Waals surface area contributed by atoms with Crippen LogP contribution < -0.4 is 15.8 Å². The van der Waals surface area contributed by atoms with Crippen molar-refractivity contribution in [2.75, 3.05) is 17.6 Å². The van der Waals surface area contributed by atoms with Gasteiger partial charge in [0.1, 0.15) is 0 Å². The lowest BCUT2D eigenvalue weighted by molar-refractivity contribution is 0.102. The van der Waals surface area contributed by atoms with E-state index in [1.807, 2.05) is 26.8 Å². The molecular formula is C18H23N3O3S. The number of aryl methyl sites for hydroxylation is 1. The smallest absolute Gasteiger partial charge is 0.255 e. The number of nitrogen functional groups attached to an aromatic ring is 1. The Morgan fingerprint density at radius 2 is 1.76 bits per heavy atom. The van der Waals surface area contributed by atoms with Gasteiger partial charge in [-0.25, -0.2) is 13.1 Å². The van der Waals surface area contributed by atoms with E-state index in [0.29, 0.717) is 23.5 Å². The molecule has 2 aromatic carbocycles. The third-order valence-corrected chi connectivity index (χ3v) is 5.06. The summed E-state index contributed by atoms with van der Waals surface area (Å²) in [5.41, 5.74) is 8.17. The Kier molecular flexibility index (Phi) is 5.81. The summed E-state index contributed by atoms with van der Waals surface area (Å²) in [5.74, 6) is -0.117. The van der Waals surface area contributed by atoms with Crippen LogP contribution in [0.5, 0.6) is 0 Å². The molecule has 0 heterocycles. The molecular weight excluding hydrogens is 338 g/mol. The highest BCUT2D eigenvalue weighted by molar-refractivity contribution is 7.89. The summed E-state index contributed by atoms with van der Waals surface area (Å²) in [5, 5.41) is 2.78. The molecule has 2 aromatic rings. The molecule has 0 aliphatic carbocycles. The van der Waals surface area contributed by atoms with Gasteiger partial charge in [0.15, 0.2) is 0 Å². The van der Waals surface area contributed by atoms with Crippen LogP contribution in [0.25, 0.3) is 0 Å². The highest BCUT2D eigenvalue weighted by Crippen LogP contribution is 2.19. The van der Waals surface area contributed by atoms with Gasteiger partial charge in [-0.1, -0.05) is 19.9 Å². The Hall–Kier alpha value is -2.38. The summed E-state index contributed by atoms with van der Waals surface area (Å²) in [4.78, 5) is 12.5. The topological polar surface area (TPSA) is 101 Å². The molecule has 0 atom stereocenters. The van der Waals surface area contributed by atoms with Crippen molar-refractivity contribution in [1.82, 2.24) is 4.72 Å². The summed E-state index contributed by atoms with van der Waals surface area (Å²) in [7, 11) is -3.57. The predicted octanol–water partition coefficient (Wildman–Crippen LogP) is 2.76. The van der Waals surface area contributed by atoms with E-state index in [1.165, 1.54) is 24.3 Å². The third-order valence-electron chi connectivity index (χ3n) is 3.62. The fraction of sp³-hybridized carbons (Fsp3) is 0.278. The quantitative estimate of drug-likeness (QED) is 0.689. The van der Waals surface area contributed by atoms with Crippen LogP contribution in [-0.2, 0) is 10.0 Å². The number of hydrogen-bond donors (Lipinski definition) is 3. The molecule has 1 amide bonds. The molecule has 0 aliphatic rings. The summed E-state index contributed by atoms with van der Waals surface area (Å²) in [6.07, 6.45) is 0. The number of nitrogens with two attached hydrogens (primary N) is 1. The van der Waals surface area contributed by atoms with Crippen LogP contribution >= 0.6 is 0 Å². The highest BCUT2D eigenvalue weighted by atomic mass is 32.2. The van der Waals surface area contributed by atoms with E-state index in [4.69, 9.17) is 5.73 Å². The van der Waals surface area contributed by atoms with E-state index in [0.717, 1.165) is 5.56 Å². The predicted molar refractivity (Wildman–Crippen MR) is 100 cm³/mol. The lowest BCUT2D eigenvalue weighted by Crippen LogP contribution is -2.27. The van der Waals surface area contributed by atoms with Crippen molar-refractivity contribution >= 4 is 27.3 Å². The van der Waals surface area contributed by atoms with Crippen molar-refractivity contribution < 1.29 is 13.2 Å². The Labute approximate surface area is 148 Å². The first-order chi connectivity index (χ1) is 11.7. The fourth-order valence-corrected chi connectivity index (χ4v) is 3.33. The van der Waals surface area contributed by atoms with Crippen LogP contribution in [0.4, 0.5) is 11.4 Å². The number of hydrogen-bond acceptors (Lipinski definition) is 4. The van der Waals surface area contributed by atoms with Gasteiger partial charge in [-0.15, -0.1) is 0 Å². The first kappa shape index (κ1) is 19.0. The SMILES string of the molecule is Cc1ccc(N)cc1NC(=O)c1ccc(S(=O)(=O)NCC(C)C)cc1. The average molecular weight is 361 g/mol. The number of nitrogens with one attached hydrogen (secondary N) is 2. The number of sulfonamides is 1. The molecule has 0 unspecified atom stereocenters. The molecule has 25 heavy (non-hydrogen) atoms. The molecule has 0 aliphatic heterocycles. The standard InChI is InChI=1S/C18H23N3O3S/c1-12(2)11-20-25(23,24)16-8-5-14(6-9-16)18(22)21-17-10-15(19)7-4-13(17)3/h4-10,12,20H,11,19H2,1-3H3,(H,21,22). The monoisotopic (exact) mass is 361 g/mol. The average Bonchev–Trinajstić information content (AvgIpc) is 2.56. The number of carbonyl (C=O) groups is 1. The van der Waals surface area contributed by atoms with Gasteiger partial charge in [-0.3, -0.25) is 4.79 Å². The Bertz CT molecular complexity index is 860. The van der Waals surface area contributed by atoms with Crippen LogP contribution in [0.1, 0.15) is 29.8 Å². The molecule has 0 fully saturated rings. The lowest BCUT2D eigenvalue weighted by Gasteiger charge is -2.11. The zero-order chi connectivity index (χ0) is 18.6. The molecule has 0 aromatic heterocycles. The van der Waals surface area contributed by atoms with Crippen LogP contribution in [0.2, 0.25) is 0 Å². The fourth-order valence-electron chi connectivity index (χ4n) is 2.11. The minimum Gasteiger partial charge on any atom is -0.399 e. The van der Waals surface area contributed by atoms with Gasteiger partial charge in [0.2, 0.25) is 10.0 Å². The molecule has 6 nitrogen and oxygen atoms in total. The molecule has 0 spiro atoms. The van der Waals surface area contributed by atoms with Gasteiger partial charge in [0, 0.05) is 23.5 Å². The maximum absolute atomic E-state index is 12.3. The van der Waals surface area contributed by atoms with Gasteiger partial charge >= 0.3 is 0 Å². The number of carbonyl (C=O) groups excluding carboxylic acids is 1. The van der Waals surface area contributed by atoms with Crippen molar-refractivity contribution in [2.45, 2.75) is 25.7 Å². The summed E-state index contributed by atoms with van der Waals surface area (Å²) in [6, 6.07) is 11.1. The largest absolute Gasteiger partial charge is 0.399 e. The van der Waals surface area contributed by atoms with Crippen molar-refractivity contribution in [1.29, 1.82) is 0 Å². The molecule has 134 valence electrons. The van der Waals surface area contributed by atoms with Crippen LogP contribution in [0, 0.1) is 12.8 Å². The van der Waals surface area contributed by atoms with Gasteiger partial charge in [0.25, 0.3) is 5.91 Å². The maximum Gasteiger partial charge on any atom is 0.255 e. The van der Waals surface area contributed by atoms with Gasteiger partial charge in [0.05, 0.1) is 4.90 Å². The first-order valence-corrected chi connectivity index (χ1v) is 9.44. The van der Waals surface area contributed by atoms with E-state index >= 15 is 0 Å². The molecule has 2 rings (SSSR count). The number of amides is 1. The second-order valence-electron chi connectivity index (χ2n) is 6.30. The minimum absolute atomic E-state index is 0.129. The summed E-state index contributed by atoms with van der Waals surface area (Å²) < 4.78 is 26.9. The van der Waals surface area contributed by atoms with Gasteiger partial charge in [-0.2, -0.15) is 0 Å². The van der Waals surface area contributed by atoms with Crippen LogP contribution in [0.15, 0.2) is 47.4 Å². The second-order valence-corrected chi connectivity index (χ2v) is 8.07.